The Morgan fingerprint density at radius 2 is 1.58 bits per heavy atom. The summed E-state index contributed by atoms with van der Waals surface area (Å²) in [5.74, 6) is -3.06. The van der Waals surface area contributed by atoms with Crippen molar-refractivity contribution in [2.75, 3.05) is 19.1 Å². The molecule has 2 heterocycles. The van der Waals surface area contributed by atoms with Gasteiger partial charge < -0.3 is 14.6 Å². The quantitative estimate of drug-likeness (QED) is 0.505. The summed E-state index contributed by atoms with van der Waals surface area (Å²) in [4.78, 5) is 54.5. The minimum Gasteiger partial charge on any atom is -0.480 e. The third-order valence-corrected chi connectivity index (χ3v) is 6.14. The molecule has 0 saturated heterocycles. The summed E-state index contributed by atoms with van der Waals surface area (Å²) in [7, 11) is 2.77. The lowest BCUT2D eigenvalue weighted by Crippen LogP contribution is -2.57. The van der Waals surface area contributed by atoms with Crippen molar-refractivity contribution >= 4 is 29.4 Å². The van der Waals surface area contributed by atoms with Gasteiger partial charge in [-0.1, -0.05) is 30.3 Å². The van der Waals surface area contributed by atoms with Crippen molar-refractivity contribution in [3.63, 3.8) is 0 Å². The molecule has 0 radical (unpaired) electrons. The maximum Gasteiger partial charge on any atom is 0.326 e. The van der Waals surface area contributed by atoms with E-state index < -0.39 is 42.1 Å². The molecule has 2 unspecified atom stereocenters. The largest absolute Gasteiger partial charge is 0.480 e. The molecule has 9 heteroatoms. The molecule has 0 bridgehead atoms. The first-order valence-electron chi connectivity index (χ1n) is 10.5. The van der Waals surface area contributed by atoms with Crippen molar-refractivity contribution in [2.24, 2.45) is 0 Å². The molecule has 0 spiro atoms. The number of carboxylic acid groups (broad SMARTS) is 1. The highest BCUT2D eigenvalue weighted by Gasteiger charge is 2.47. The van der Waals surface area contributed by atoms with E-state index in [1.165, 1.54) is 31.3 Å². The lowest BCUT2D eigenvalue weighted by atomic mass is 9.94. The highest BCUT2D eigenvalue weighted by atomic mass is 16.7. The molecule has 9 nitrogen and oxygen atoms in total. The number of aryl methyl sites for hydroxylation is 1. The summed E-state index contributed by atoms with van der Waals surface area (Å²) in [5, 5.41) is 9.86. The standard InChI is InChI=1S/C24H24N2O7/c1-32-20(33-2)13-19(26-21(27)15-8-4-5-9-16(15)22(26)28)23(29)25-17-10-6-3-7-14(17)11-12-18(25)24(30)31/h3-10,18-20H,11-13H2,1-2H3,(H,30,31). The Hall–Kier alpha value is -3.56. The Kier molecular flexibility index (Phi) is 6.26. The number of carboxylic acids is 1. The maximum atomic E-state index is 14.0. The first-order valence-corrected chi connectivity index (χ1v) is 10.5. The van der Waals surface area contributed by atoms with Crippen molar-refractivity contribution in [3.05, 3.63) is 65.2 Å². The highest BCUT2D eigenvalue weighted by Crippen LogP contribution is 2.34. The number of fused-ring (bicyclic) bond motifs is 2. The van der Waals surface area contributed by atoms with Gasteiger partial charge in [-0.3, -0.25) is 24.2 Å². The summed E-state index contributed by atoms with van der Waals surface area (Å²) in [5.41, 5.74) is 1.66. The minimum atomic E-state index is -1.32. The number of nitrogens with zero attached hydrogens (tertiary/aromatic N) is 2. The maximum absolute atomic E-state index is 14.0. The van der Waals surface area contributed by atoms with Crippen molar-refractivity contribution in [1.29, 1.82) is 0 Å². The van der Waals surface area contributed by atoms with E-state index in [1.54, 1.807) is 24.3 Å². The van der Waals surface area contributed by atoms with Crippen molar-refractivity contribution in [3.8, 4) is 0 Å². The zero-order chi connectivity index (χ0) is 23.7. The Balaban J connectivity index is 1.79. The zero-order valence-corrected chi connectivity index (χ0v) is 18.3. The Labute approximate surface area is 190 Å². The molecule has 2 aliphatic heterocycles. The number of imide groups is 1. The molecule has 0 fully saturated rings. The molecule has 2 atom stereocenters. The zero-order valence-electron chi connectivity index (χ0n) is 18.3. The predicted molar refractivity (Wildman–Crippen MR) is 117 cm³/mol. The monoisotopic (exact) mass is 452 g/mol. The molecule has 4 rings (SSSR count). The third kappa shape index (κ3) is 3.90. The first kappa shape index (κ1) is 22.6. The van der Waals surface area contributed by atoms with Crippen LogP contribution in [0.4, 0.5) is 5.69 Å². The second-order valence-corrected chi connectivity index (χ2v) is 7.91. The van der Waals surface area contributed by atoms with Gasteiger partial charge in [-0.25, -0.2) is 4.79 Å². The summed E-state index contributed by atoms with van der Waals surface area (Å²) in [6.45, 7) is 0. The fourth-order valence-corrected chi connectivity index (χ4v) is 4.49. The number of methoxy groups -OCH3 is 2. The molecular formula is C24H24N2O7. The fourth-order valence-electron chi connectivity index (χ4n) is 4.49. The Morgan fingerprint density at radius 3 is 2.15 bits per heavy atom. The number of hydrogen-bond acceptors (Lipinski definition) is 6. The predicted octanol–water partition coefficient (Wildman–Crippen LogP) is 2.09. The van der Waals surface area contributed by atoms with Crippen LogP contribution in [0.1, 0.15) is 39.1 Å². The first-order chi connectivity index (χ1) is 15.9. The topological polar surface area (TPSA) is 113 Å². The fraction of sp³-hybridized carbons (Fsp3) is 0.333. The number of amides is 3. The average Bonchev–Trinajstić information content (AvgIpc) is 3.09. The van der Waals surface area contributed by atoms with Gasteiger partial charge in [0.05, 0.1) is 11.1 Å². The normalized spacial score (nSPS) is 18.3. The van der Waals surface area contributed by atoms with Gasteiger partial charge in [0.25, 0.3) is 17.7 Å². The molecule has 3 amide bonds. The van der Waals surface area contributed by atoms with Gasteiger partial charge in [-0.15, -0.1) is 0 Å². The number of ether oxygens (including phenoxy) is 2. The number of hydrogen-bond donors (Lipinski definition) is 1. The number of rotatable bonds is 7. The second kappa shape index (κ2) is 9.13. The summed E-state index contributed by atoms with van der Waals surface area (Å²) >= 11 is 0. The molecule has 2 aliphatic rings. The SMILES string of the molecule is COC(CC(C(=O)N1c2ccccc2CCC1C(=O)O)N1C(=O)c2ccccc2C1=O)OC. The molecular weight excluding hydrogens is 428 g/mol. The lowest BCUT2D eigenvalue weighted by molar-refractivity contribution is -0.142. The Morgan fingerprint density at radius 1 is 1.00 bits per heavy atom. The second-order valence-electron chi connectivity index (χ2n) is 7.91. The van der Waals surface area contributed by atoms with Gasteiger partial charge in [-0.2, -0.15) is 0 Å². The van der Waals surface area contributed by atoms with Crippen molar-refractivity contribution in [1.82, 2.24) is 4.90 Å². The number of benzene rings is 2. The van der Waals surface area contributed by atoms with Gasteiger partial charge in [0, 0.05) is 26.3 Å². The van der Waals surface area contributed by atoms with Crippen molar-refractivity contribution < 1.29 is 33.8 Å². The Bertz CT molecular complexity index is 1080. The number of aliphatic carboxylic acids is 1. The van der Waals surface area contributed by atoms with Crippen LogP contribution >= 0.6 is 0 Å². The van der Waals surface area contributed by atoms with Crippen LogP contribution in [0, 0.1) is 0 Å². The number of anilines is 1. The number of carbonyl (C=O) groups excluding carboxylic acids is 3. The molecule has 2 aromatic rings. The van der Waals surface area contributed by atoms with Crippen LogP contribution in [0.15, 0.2) is 48.5 Å². The van der Waals surface area contributed by atoms with Gasteiger partial charge in [0.1, 0.15) is 12.1 Å². The van der Waals surface area contributed by atoms with E-state index in [4.69, 9.17) is 9.47 Å². The van der Waals surface area contributed by atoms with Gasteiger partial charge >= 0.3 is 5.97 Å². The molecule has 2 aromatic carbocycles. The molecule has 0 aliphatic carbocycles. The smallest absolute Gasteiger partial charge is 0.326 e. The van der Waals surface area contributed by atoms with Crippen LogP contribution in [0.3, 0.4) is 0 Å². The van der Waals surface area contributed by atoms with Gasteiger partial charge in [0.2, 0.25) is 0 Å². The number of carbonyl (C=O) groups is 4. The van der Waals surface area contributed by atoms with E-state index in [1.807, 2.05) is 12.1 Å². The van der Waals surface area contributed by atoms with Gasteiger partial charge in [0.15, 0.2) is 6.29 Å². The van der Waals surface area contributed by atoms with Crippen LogP contribution in [0.5, 0.6) is 0 Å². The van der Waals surface area contributed by atoms with Crippen LogP contribution in [-0.4, -0.2) is 66.3 Å². The molecule has 1 N–H and O–H groups in total. The third-order valence-electron chi connectivity index (χ3n) is 6.14. The van der Waals surface area contributed by atoms with E-state index in [2.05, 4.69) is 0 Å². The summed E-state index contributed by atoms with van der Waals surface area (Å²) in [6.07, 6.45) is -0.341. The molecule has 33 heavy (non-hydrogen) atoms. The molecule has 0 aromatic heterocycles. The number of para-hydroxylation sites is 1. The molecule has 172 valence electrons. The minimum absolute atomic E-state index is 0.150. The van der Waals surface area contributed by atoms with Crippen LogP contribution in [-0.2, 0) is 25.5 Å². The van der Waals surface area contributed by atoms with Crippen molar-refractivity contribution in [2.45, 2.75) is 37.6 Å². The average molecular weight is 452 g/mol. The van der Waals surface area contributed by atoms with E-state index in [0.717, 1.165) is 10.5 Å². The van der Waals surface area contributed by atoms with E-state index in [9.17, 15) is 24.3 Å². The van der Waals surface area contributed by atoms with Crippen LogP contribution in [0.25, 0.3) is 0 Å². The van der Waals surface area contributed by atoms with Crippen LogP contribution < -0.4 is 4.90 Å². The molecule has 0 saturated carbocycles. The lowest BCUT2D eigenvalue weighted by Gasteiger charge is -2.39. The summed E-state index contributed by atoms with van der Waals surface area (Å²) in [6, 6.07) is 10.9. The summed E-state index contributed by atoms with van der Waals surface area (Å²) < 4.78 is 10.5. The highest BCUT2D eigenvalue weighted by molar-refractivity contribution is 6.23. The van der Waals surface area contributed by atoms with Crippen LogP contribution in [0.2, 0.25) is 0 Å². The van der Waals surface area contributed by atoms with E-state index in [0.29, 0.717) is 12.1 Å². The van der Waals surface area contributed by atoms with E-state index >= 15 is 0 Å². The van der Waals surface area contributed by atoms with Gasteiger partial charge in [-0.05, 0) is 36.6 Å². The van der Waals surface area contributed by atoms with E-state index in [-0.39, 0.29) is 24.0 Å².